The van der Waals surface area contributed by atoms with E-state index in [0.717, 1.165) is 0 Å². The number of halogens is 3. The summed E-state index contributed by atoms with van der Waals surface area (Å²) in [6, 6.07) is 12.9. The van der Waals surface area contributed by atoms with E-state index in [1.807, 2.05) is 0 Å². The number of pyridine rings is 1. The van der Waals surface area contributed by atoms with Crippen LogP contribution >= 0.6 is 0 Å². The molecule has 0 fully saturated rings. The first-order valence-corrected chi connectivity index (χ1v) is 14.8. The van der Waals surface area contributed by atoms with Crippen LogP contribution in [0.2, 0.25) is 0 Å². The number of nitrogens with one attached hydrogen (secondary N) is 1. The van der Waals surface area contributed by atoms with Gasteiger partial charge in [-0.15, -0.1) is 0 Å². The molecule has 1 heterocycles. The van der Waals surface area contributed by atoms with Crippen molar-refractivity contribution in [3.63, 3.8) is 0 Å². The van der Waals surface area contributed by atoms with Crippen molar-refractivity contribution in [3.05, 3.63) is 129 Å². The number of nitrogens with two attached hydrogens (primary N) is 1. The minimum absolute atomic E-state index is 0.187. The highest BCUT2D eigenvalue weighted by molar-refractivity contribution is 6.00. The molecule has 0 aliphatic heterocycles. The van der Waals surface area contributed by atoms with Crippen molar-refractivity contribution in [2.75, 3.05) is 19.0 Å². The number of rotatable bonds is 10. The summed E-state index contributed by atoms with van der Waals surface area (Å²) in [7, 11) is 1.31. The quantitative estimate of drug-likeness (QED) is 0.0849. The molecule has 1 amide bonds. The Kier molecular flexibility index (Phi) is 17.5. The van der Waals surface area contributed by atoms with Gasteiger partial charge >= 0.3 is 35.8 Å². The predicted molar refractivity (Wildman–Crippen MR) is 181 cm³/mol. The summed E-state index contributed by atoms with van der Waals surface area (Å²) >= 11 is 0. The standard InChI is InChI=1S/C11H13NO4.C10H11NO3.C7H3F3O2.C7H5NO4/c1-16-10(13)6-7-12-9-5-3-2-4-8(9)11(14)15;1-5-3-7(9(11)12)4-6(2)8(5)10(13)14;8-4-1-3(7(11)12)2-5(9)6(4)10;9-6(10)4-2-1-3-8-5(4)7(11)12/h2-5,12H,6-7H2,1H3,(H,14,15);3-4H,1-2H3,(H2,11,12)(H,13,14);1-2H,(H,11,12);1-3H,(H,9,10)(H,11,12). The molecule has 4 aromatic rings. The van der Waals surface area contributed by atoms with Crippen LogP contribution < -0.4 is 11.1 Å². The Morgan fingerprint density at radius 1 is 0.704 bits per heavy atom. The summed E-state index contributed by atoms with van der Waals surface area (Å²) in [5.74, 6) is -11.7. The largest absolute Gasteiger partial charge is 0.478 e. The number of para-hydroxylation sites is 1. The summed E-state index contributed by atoms with van der Waals surface area (Å²) < 4.78 is 41.3. The number of hydrogen-bond acceptors (Lipinski definition) is 10. The molecular formula is C35H32F3N3O13. The van der Waals surface area contributed by atoms with E-state index in [2.05, 4.69) is 15.0 Å². The second kappa shape index (κ2) is 21.1. The second-order valence-corrected chi connectivity index (χ2v) is 10.3. The maximum atomic E-state index is 12.3. The number of carbonyl (C=O) groups excluding carboxylic acids is 2. The molecule has 8 N–H and O–H groups in total. The highest BCUT2D eigenvalue weighted by atomic mass is 19.2. The number of ether oxygens (including phenoxy) is 1. The van der Waals surface area contributed by atoms with Crippen molar-refractivity contribution in [1.82, 2.24) is 4.98 Å². The predicted octanol–water partition coefficient (Wildman–Crippen LogP) is 4.74. The van der Waals surface area contributed by atoms with Crippen LogP contribution in [-0.2, 0) is 9.53 Å². The maximum absolute atomic E-state index is 12.3. The fourth-order valence-corrected chi connectivity index (χ4v) is 4.10. The van der Waals surface area contributed by atoms with E-state index >= 15 is 0 Å². The number of hydrogen-bond donors (Lipinski definition) is 7. The lowest BCUT2D eigenvalue weighted by Crippen LogP contribution is -2.13. The molecule has 0 saturated carbocycles. The Morgan fingerprint density at radius 3 is 1.65 bits per heavy atom. The van der Waals surface area contributed by atoms with Crippen LogP contribution in [0.15, 0.2) is 66.9 Å². The molecule has 54 heavy (non-hydrogen) atoms. The Bertz CT molecular complexity index is 1980. The van der Waals surface area contributed by atoms with Crippen molar-refractivity contribution in [2.24, 2.45) is 5.73 Å². The van der Waals surface area contributed by atoms with E-state index in [1.165, 1.54) is 43.6 Å². The summed E-state index contributed by atoms with van der Waals surface area (Å²) in [5.41, 5.74) is 6.08. The number of esters is 1. The Morgan fingerprint density at radius 2 is 1.22 bits per heavy atom. The Labute approximate surface area is 303 Å². The fourth-order valence-electron chi connectivity index (χ4n) is 4.10. The van der Waals surface area contributed by atoms with Crippen molar-refractivity contribution in [1.29, 1.82) is 0 Å². The summed E-state index contributed by atoms with van der Waals surface area (Å²) in [6.45, 7) is 3.63. The van der Waals surface area contributed by atoms with Gasteiger partial charge in [-0.1, -0.05) is 12.1 Å². The molecular weight excluding hydrogens is 727 g/mol. The number of amides is 1. The van der Waals surface area contributed by atoms with E-state index in [4.69, 9.17) is 31.3 Å². The number of anilines is 1. The average molecular weight is 760 g/mol. The summed E-state index contributed by atoms with van der Waals surface area (Å²) in [5, 5.41) is 45.9. The van der Waals surface area contributed by atoms with Gasteiger partial charge in [0.15, 0.2) is 23.1 Å². The van der Waals surface area contributed by atoms with Gasteiger partial charge in [-0.25, -0.2) is 42.1 Å². The van der Waals surface area contributed by atoms with E-state index in [9.17, 15) is 46.7 Å². The third-order valence-electron chi connectivity index (χ3n) is 6.53. The molecule has 0 aliphatic rings. The molecule has 0 bridgehead atoms. The van der Waals surface area contributed by atoms with Gasteiger partial charge in [0.1, 0.15) is 0 Å². The Balaban J connectivity index is 0.000000362. The number of carbonyl (C=O) groups is 7. The third kappa shape index (κ3) is 13.8. The van der Waals surface area contributed by atoms with Gasteiger partial charge in [0, 0.05) is 24.0 Å². The van der Waals surface area contributed by atoms with Gasteiger partial charge in [0.05, 0.1) is 35.8 Å². The molecule has 4 rings (SSSR count). The molecule has 16 nitrogen and oxygen atoms in total. The molecule has 3 aromatic carbocycles. The number of aromatic carboxylic acids is 5. The highest BCUT2D eigenvalue weighted by Crippen LogP contribution is 2.17. The van der Waals surface area contributed by atoms with E-state index in [0.29, 0.717) is 41.1 Å². The molecule has 19 heteroatoms. The van der Waals surface area contributed by atoms with E-state index in [-0.39, 0.29) is 29.1 Å². The number of carboxylic acid groups (broad SMARTS) is 5. The first-order chi connectivity index (χ1) is 25.2. The number of primary amides is 1. The number of nitrogens with zero attached hydrogens (tertiary/aromatic N) is 1. The second-order valence-electron chi connectivity index (χ2n) is 10.3. The van der Waals surface area contributed by atoms with Crippen molar-refractivity contribution >= 4 is 47.4 Å². The van der Waals surface area contributed by atoms with Crippen molar-refractivity contribution < 1.29 is 77.0 Å². The zero-order chi connectivity index (χ0) is 41.3. The maximum Gasteiger partial charge on any atom is 0.355 e. The molecule has 0 spiro atoms. The van der Waals surface area contributed by atoms with E-state index < -0.39 is 64.5 Å². The van der Waals surface area contributed by atoms with Crippen LogP contribution in [0.25, 0.3) is 0 Å². The molecule has 1 aromatic heterocycles. The van der Waals surface area contributed by atoms with Gasteiger partial charge in [0.2, 0.25) is 5.91 Å². The van der Waals surface area contributed by atoms with Crippen molar-refractivity contribution in [2.45, 2.75) is 20.3 Å². The lowest BCUT2D eigenvalue weighted by atomic mass is 9.99. The summed E-state index contributed by atoms with van der Waals surface area (Å²) in [4.78, 5) is 77.8. The molecule has 286 valence electrons. The van der Waals surface area contributed by atoms with Gasteiger partial charge in [-0.2, -0.15) is 0 Å². The fraction of sp³-hybridized carbons (Fsp3) is 0.143. The van der Waals surface area contributed by atoms with Gasteiger partial charge in [-0.05, 0) is 73.5 Å². The molecule has 0 saturated heterocycles. The summed E-state index contributed by atoms with van der Waals surface area (Å²) in [6.07, 6.45) is 1.43. The number of methoxy groups -OCH3 is 1. The lowest BCUT2D eigenvalue weighted by molar-refractivity contribution is -0.140. The number of carboxylic acids is 5. The third-order valence-corrected chi connectivity index (χ3v) is 6.53. The number of aryl methyl sites for hydroxylation is 2. The van der Waals surface area contributed by atoms with Crippen LogP contribution in [0, 0.1) is 31.3 Å². The lowest BCUT2D eigenvalue weighted by Gasteiger charge is -2.08. The van der Waals surface area contributed by atoms with E-state index in [1.54, 1.807) is 32.0 Å². The van der Waals surface area contributed by atoms with Gasteiger partial charge in [-0.3, -0.25) is 9.59 Å². The topological polar surface area (TPSA) is 281 Å². The van der Waals surface area contributed by atoms with Gasteiger partial charge in [0.25, 0.3) is 0 Å². The Hall–Kier alpha value is -7.31. The SMILES string of the molecule is COC(=O)CCNc1ccccc1C(=O)O.Cc1cc(C(N)=O)cc(C)c1C(=O)O.O=C(O)c1cc(F)c(F)c(F)c1.O=C(O)c1cccnc1C(=O)O. The van der Waals surface area contributed by atoms with Crippen LogP contribution in [0.3, 0.4) is 0 Å². The smallest absolute Gasteiger partial charge is 0.355 e. The molecule has 0 radical (unpaired) electrons. The van der Waals surface area contributed by atoms with Crippen LogP contribution in [0.4, 0.5) is 18.9 Å². The molecule has 0 atom stereocenters. The average Bonchev–Trinajstić information content (AvgIpc) is 3.10. The monoisotopic (exact) mass is 759 g/mol. The zero-order valence-electron chi connectivity index (χ0n) is 28.4. The van der Waals surface area contributed by atoms with Gasteiger partial charge < -0.3 is 41.3 Å². The van der Waals surface area contributed by atoms with Crippen LogP contribution in [0.1, 0.15) is 79.8 Å². The number of benzene rings is 3. The molecule has 0 unspecified atom stereocenters. The minimum Gasteiger partial charge on any atom is -0.478 e. The first kappa shape index (κ1) is 44.7. The van der Waals surface area contributed by atoms with Crippen molar-refractivity contribution in [3.8, 4) is 0 Å². The number of aromatic nitrogens is 1. The van der Waals surface area contributed by atoms with Crippen LogP contribution in [-0.4, -0.2) is 85.9 Å². The highest BCUT2D eigenvalue weighted by Gasteiger charge is 2.16. The molecule has 0 aliphatic carbocycles. The van der Waals surface area contributed by atoms with Crippen LogP contribution in [0.5, 0.6) is 0 Å². The normalized spacial score (nSPS) is 9.67. The minimum atomic E-state index is -1.67. The zero-order valence-corrected chi connectivity index (χ0v) is 28.4. The first-order valence-electron chi connectivity index (χ1n) is 14.8.